The number of rotatable bonds is 4. The Labute approximate surface area is 142 Å². The van der Waals surface area contributed by atoms with Gasteiger partial charge in [-0.25, -0.2) is 4.79 Å². The number of amides is 2. The summed E-state index contributed by atoms with van der Waals surface area (Å²) in [5.41, 5.74) is 5.35. The first-order valence-electron chi connectivity index (χ1n) is 8.23. The molecular formula is C18H23N5O. The Morgan fingerprint density at radius 2 is 1.92 bits per heavy atom. The molecule has 0 saturated heterocycles. The van der Waals surface area contributed by atoms with Gasteiger partial charge in [0.15, 0.2) is 0 Å². The Hall–Kier alpha value is -2.47. The molecule has 0 unspecified atom stereocenters. The summed E-state index contributed by atoms with van der Waals surface area (Å²) in [5, 5.41) is 6.13. The summed E-state index contributed by atoms with van der Waals surface area (Å²) in [6, 6.07) is -0.0830. The van der Waals surface area contributed by atoms with E-state index in [1.54, 1.807) is 17.3 Å². The van der Waals surface area contributed by atoms with Crippen LogP contribution in [-0.4, -0.2) is 34.5 Å². The predicted molar refractivity (Wildman–Crippen MR) is 92.9 cm³/mol. The van der Waals surface area contributed by atoms with E-state index in [2.05, 4.69) is 39.7 Å². The molecule has 6 heteroatoms. The summed E-state index contributed by atoms with van der Waals surface area (Å²) in [5.74, 6) is 0. The fourth-order valence-corrected chi connectivity index (χ4v) is 2.89. The summed E-state index contributed by atoms with van der Waals surface area (Å²) in [4.78, 5) is 22.7. The lowest BCUT2D eigenvalue weighted by molar-refractivity contribution is 0.200. The van der Waals surface area contributed by atoms with Gasteiger partial charge >= 0.3 is 6.03 Å². The summed E-state index contributed by atoms with van der Waals surface area (Å²) in [6.45, 7) is 4.04. The molecule has 2 aliphatic rings. The quantitative estimate of drug-likeness (QED) is 0.891. The maximum Gasteiger partial charge on any atom is 0.322 e. The zero-order chi connectivity index (χ0) is 16.9. The molecule has 0 radical (unpaired) electrons. The molecule has 3 rings (SSSR count). The van der Waals surface area contributed by atoms with Crippen molar-refractivity contribution in [3.63, 3.8) is 0 Å². The van der Waals surface area contributed by atoms with Crippen molar-refractivity contribution in [1.82, 2.24) is 25.5 Å². The molecule has 0 atom stereocenters. The molecule has 2 N–H and O–H groups in total. The normalized spacial score (nSPS) is 17.2. The van der Waals surface area contributed by atoms with E-state index in [0.29, 0.717) is 13.1 Å². The topological polar surface area (TPSA) is 70.2 Å². The Balaban J connectivity index is 1.58. The third-order valence-electron chi connectivity index (χ3n) is 4.36. The van der Waals surface area contributed by atoms with Crippen LogP contribution >= 0.6 is 0 Å². The van der Waals surface area contributed by atoms with Gasteiger partial charge in [0.1, 0.15) is 0 Å². The molecular weight excluding hydrogens is 302 g/mol. The Bertz CT molecular complexity index is 695. The second kappa shape index (κ2) is 7.40. The average Bonchev–Trinajstić information content (AvgIpc) is 3.04. The van der Waals surface area contributed by atoms with Gasteiger partial charge in [-0.1, -0.05) is 17.7 Å². The van der Waals surface area contributed by atoms with E-state index in [4.69, 9.17) is 0 Å². The molecule has 1 aromatic rings. The van der Waals surface area contributed by atoms with Crippen LogP contribution < -0.4 is 10.6 Å². The summed E-state index contributed by atoms with van der Waals surface area (Å²) < 4.78 is 0. The smallest absolute Gasteiger partial charge is 0.316 e. The second-order valence-electron chi connectivity index (χ2n) is 6.06. The minimum absolute atomic E-state index is 0.0830. The first-order chi connectivity index (χ1) is 11.7. The summed E-state index contributed by atoms with van der Waals surface area (Å²) in [7, 11) is 1.94. The van der Waals surface area contributed by atoms with Gasteiger partial charge in [0, 0.05) is 24.6 Å². The van der Waals surface area contributed by atoms with Crippen LogP contribution in [0.1, 0.15) is 31.2 Å². The molecule has 1 aliphatic carbocycles. The highest BCUT2D eigenvalue weighted by Gasteiger charge is 2.25. The van der Waals surface area contributed by atoms with E-state index in [1.165, 1.54) is 11.1 Å². The van der Waals surface area contributed by atoms with E-state index in [1.807, 2.05) is 13.1 Å². The van der Waals surface area contributed by atoms with Crippen LogP contribution in [0.15, 0.2) is 47.5 Å². The first-order valence-corrected chi connectivity index (χ1v) is 8.23. The number of urea groups is 1. The molecule has 1 aliphatic heterocycles. The third kappa shape index (κ3) is 3.71. The fourth-order valence-electron chi connectivity index (χ4n) is 2.89. The summed E-state index contributed by atoms with van der Waals surface area (Å²) in [6.07, 6.45) is 11.4. The van der Waals surface area contributed by atoms with Gasteiger partial charge in [-0.15, -0.1) is 0 Å². The lowest BCUT2D eigenvalue weighted by atomic mass is 9.96. The standard InChI is InChI=1S/C18H23N5O/c1-13(7-8-19-2)14-3-5-15(6-4-14)22-18(24)23-11-16-17(12-23)21-10-9-20-16/h3,5,7,9-10,19H,4,6,8,11-12H2,1-2H3,(H,22,24)/b13-7+. The Kier molecular flexibility index (Phi) is 5.05. The van der Waals surface area contributed by atoms with E-state index < -0.39 is 0 Å². The number of hydrogen-bond donors (Lipinski definition) is 2. The highest BCUT2D eigenvalue weighted by Crippen LogP contribution is 2.23. The molecule has 2 heterocycles. The van der Waals surface area contributed by atoms with Gasteiger partial charge in [-0.2, -0.15) is 0 Å². The number of hydrogen-bond acceptors (Lipinski definition) is 4. The van der Waals surface area contributed by atoms with Crippen molar-refractivity contribution < 1.29 is 4.79 Å². The fraction of sp³-hybridized carbons (Fsp3) is 0.389. The average molecular weight is 325 g/mol. The molecule has 0 saturated carbocycles. The van der Waals surface area contributed by atoms with Gasteiger partial charge in [0.05, 0.1) is 24.5 Å². The second-order valence-corrected chi connectivity index (χ2v) is 6.06. The van der Waals surface area contributed by atoms with E-state index in [9.17, 15) is 4.79 Å². The van der Waals surface area contributed by atoms with Crippen LogP contribution in [0.25, 0.3) is 0 Å². The number of nitrogens with one attached hydrogen (secondary N) is 2. The van der Waals surface area contributed by atoms with Gasteiger partial charge in [-0.3, -0.25) is 9.97 Å². The number of carbonyl (C=O) groups is 1. The number of allylic oxidation sites excluding steroid dienone is 5. The van der Waals surface area contributed by atoms with Gasteiger partial charge in [0.2, 0.25) is 0 Å². The molecule has 0 fully saturated rings. The van der Waals surface area contributed by atoms with E-state index >= 15 is 0 Å². The van der Waals surface area contributed by atoms with Crippen molar-refractivity contribution in [2.75, 3.05) is 13.6 Å². The zero-order valence-corrected chi connectivity index (χ0v) is 14.2. The maximum atomic E-state index is 12.4. The third-order valence-corrected chi connectivity index (χ3v) is 4.36. The molecule has 6 nitrogen and oxygen atoms in total. The number of likely N-dealkylation sites (N-methyl/N-ethyl adjacent to an activating group) is 1. The Morgan fingerprint density at radius 3 is 2.50 bits per heavy atom. The molecule has 0 aromatic carbocycles. The number of fused-ring (bicyclic) bond motifs is 1. The van der Waals surface area contributed by atoms with Crippen molar-refractivity contribution in [3.05, 3.63) is 58.9 Å². The van der Waals surface area contributed by atoms with Crippen LogP contribution in [0.4, 0.5) is 4.79 Å². The van der Waals surface area contributed by atoms with Crippen LogP contribution in [0, 0.1) is 0 Å². The molecule has 24 heavy (non-hydrogen) atoms. The van der Waals surface area contributed by atoms with Crippen LogP contribution in [0.3, 0.4) is 0 Å². The minimum Gasteiger partial charge on any atom is -0.316 e. The van der Waals surface area contributed by atoms with Gasteiger partial charge in [0.25, 0.3) is 0 Å². The molecule has 0 bridgehead atoms. The lowest BCUT2D eigenvalue weighted by Gasteiger charge is -2.20. The summed E-state index contributed by atoms with van der Waals surface area (Å²) >= 11 is 0. The molecule has 1 aromatic heterocycles. The van der Waals surface area contributed by atoms with Crippen molar-refractivity contribution in [2.45, 2.75) is 32.9 Å². The highest BCUT2D eigenvalue weighted by atomic mass is 16.2. The van der Waals surface area contributed by atoms with E-state index in [-0.39, 0.29) is 6.03 Å². The van der Waals surface area contributed by atoms with Crippen molar-refractivity contribution in [3.8, 4) is 0 Å². The largest absolute Gasteiger partial charge is 0.322 e. The monoisotopic (exact) mass is 325 g/mol. The zero-order valence-electron chi connectivity index (χ0n) is 14.2. The van der Waals surface area contributed by atoms with Crippen molar-refractivity contribution in [2.24, 2.45) is 0 Å². The highest BCUT2D eigenvalue weighted by molar-refractivity contribution is 5.76. The minimum atomic E-state index is -0.0830. The number of aromatic nitrogens is 2. The lowest BCUT2D eigenvalue weighted by Crippen LogP contribution is -2.36. The molecule has 0 spiro atoms. The predicted octanol–water partition coefficient (Wildman–Crippen LogP) is 2.27. The van der Waals surface area contributed by atoms with E-state index in [0.717, 1.165) is 36.5 Å². The first kappa shape index (κ1) is 16.4. The van der Waals surface area contributed by atoms with Gasteiger partial charge in [-0.05, 0) is 38.5 Å². The SMILES string of the molecule is CNC/C=C(\C)C1=CC=C(NC(=O)N2Cc3nccnc3C2)CC1. The Morgan fingerprint density at radius 1 is 1.21 bits per heavy atom. The van der Waals surface area contributed by atoms with Crippen LogP contribution in [0.5, 0.6) is 0 Å². The number of carbonyl (C=O) groups excluding carboxylic acids is 1. The number of nitrogens with zero attached hydrogens (tertiary/aromatic N) is 3. The molecule has 126 valence electrons. The van der Waals surface area contributed by atoms with Gasteiger partial charge < -0.3 is 15.5 Å². The molecule has 2 amide bonds. The van der Waals surface area contributed by atoms with Crippen molar-refractivity contribution in [1.29, 1.82) is 0 Å². The van der Waals surface area contributed by atoms with Crippen LogP contribution in [0.2, 0.25) is 0 Å². The van der Waals surface area contributed by atoms with Crippen LogP contribution in [-0.2, 0) is 13.1 Å². The van der Waals surface area contributed by atoms with Crippen molar-refractivity contribution >= 4 is 6.03 Å². The maximum absolute atomic E-state index is 12.4.